The molecule has 24 heavy (non-hydrogen) atoms. The van der Waals surface area contributed by atoms with Crippen LogP contribution in [-0.4, -0.2) is 20.5 Å². The molecule has 3 aromatic rings. The van der Waals surface area contributed by atoms with Gasteiger partial charge in [0.25, 0.3) is 10.0 Å². The molecule has 0 saturated carbocycles. The number of aromatic nitrogens is 1. The number of methoxy groups -OCH3 is 1. The summed E-state index contributed by atoms with van der Waals surface area (Å²) in [7, 11) is -2.26. The average Bonchev–Trinajstić information content (AvgIpc) is 2.55. The predicted octanol–water partition coefficient (Wildman–Crippen LogP) is 2.65. The molecule has 0 fully saturated rings. The van der Waals surface area contributed by atoms with E-state index in [1.165, 1.54) is 25.3 Å². The third kappa shape index (κ3) is 3.11. The summed E-state index contributed by atoms with van der Waals surface area (Å²) in [6, 6.07) is 12.7. The Balaban J connectivity index is 2.00. The number of nitrogens with one attached hydrogen (secondary N) is 2. The maximum atomic E-state index is 12.5. The summed E-state index contributed by atoms with van der Waals surface area (Å²) in [5, 5.41) is 0.778. The van der Waals surface area contributed by atoms with Crippen molar-refractivity contribution in [2.45, 2.75) is 11.8 Å². The lowest BCUT2D eigenvalue weighted by molar-refractivity contribution is 0.413. The summed E-state index contributed by atoms with van der Waals surface area (Å²) >= 11 is 0. The van der Waals surface area contributed by atoms with Gasteiger partial charge in [0.2, 0.25) is 5.56 Å². The van der Waals surface area contributed by atoms with Gasteiger partial charge in [0.05, 0.1) is 12.0 Å². The van der Waals surface area contributed by atoms with Crippen LogP contribution >= 0.6 is 0 Å². The van der Waals surface area contributed by atoms with Crippen LogP contribution in [0.25, 0.3) is 10.9 Å². The number of fused-ring (bicyclic) bond motifs is 1. The maximum absolute atomic E-state index is 12.5. The van der Waals surface area contributed by atoms with Crippen molar-refractivity contribution in [3.63, 3.8) is 0 Å². The Morgan fingerprint density at radius 2 is 1.88 bits per heavy atom. The predicted molar refractivity (Wildman–Crippen MR) is 93.1 cm³/mol. The molecular formula is C17H16N2O4S. The largest absolute Gasteiger partial charge is 0.497 e. The van der Waals surface area contributed by atoms with Crippen molar-refractivity contribution in [1.82, 2.24) is 4.98 Å². The first-order chi connectivity index (χ1) is 11.4. The van der Waals surface area contributed by atoms with Gasteiger partial charge in [-0.05, 0) is 42.8 Å². The van der Waals surface area contributed by atoms with Crippen molar-refractivity contribution in [2.24, 2.45) is 0 Å². The minimum absolute atomic E-state index is 0.111. The van der Waals surface area contributed by atoms with Gasteiger partial charge in [-0.3, -0.25) is 9.52 Å². The first-order valence-corrected chi connectivity index (χ1v) is 8.68. The maximum Gasteiger partial charge on any atom is 0.262 e. The molecule has 0 bridgehead atoms. The molecule has 0 unspecified atom stereocenters. The van der Waals surface area contributed by atoms with Gasteiger partial charge in [0, 0.05) is 28.7 Å². The highest BCUT2D eigenvalue weighted by Gasteiger charge is 2.15. The summed E-state index contributed by atoms with van der Waals surface area (Å²) in [5.41, 5.74) is 1.66. The Bertz CT molecular complexity index is 1070. The number of ether oxygens (including phenoxy) is 1. The first kappa shape index (κ1) is 16.1. The molecule has 1 heterocycles. The van der Waals surface area contributed by atoms with Crippen molar-refractivity contribution in [3.8, 4) is 5.75 Å². The number of rotatable bonds is 4. The molecule has 0 amide bonds. The Morgan fingerprint density at radius 1 is 1.08 bits per heavy atom. The number of pyridine rings is 1. The lowest BCUT2D eigenvalue weighted by atomic mass is 10.1. The Kier molecular flexibility index (Phi) is 4.02. The third-order valence-electron chi connectivity index (χ3n) is 3.65. The van der Waals surface area contributed by atoms with E-state index in [-0.39, 0.29) is 10.5 Å². The molecule has 1 aromatic heterocycles. The number of sulfonamides is 1. The van der Waals surface area contributed by atoms with E-state index < -0.39 is 10.0 Å². The first-order valence-electron chi connectivity index (χ1n) is 7.19. The molecule has 6 nitrogen and oxygen atoms in total. The normalized spacial score (nSPS) is 11.4. The van der Waals surface area contributed by atoms with Crippen LogP contribution in [0.3, 0.4) is 0 Å². The van der Waals surface area contributed by atoms with E-state index in [0.29, 0.717) is 17.0 Å². The van der Waals surface area contributed by atoms with E-state index >= 15 is 0 Å². The molecule has 0 aliphatic rings. The fourth-order valence-corrected chi connectivity index (χ4v) is 3.55. The lowest BCUT2D eigenvalue weighted by Gasteiger charge is -2.10. The number of aryl methyl sites for hydroxylation is 1. The highest BCUT2D eigenvalue weighted by atomic mass is 32.2. The van der Waals surface area contributed by atoms with Crippen LogP contribution in [0.4, 0.5) is 5.69 Å². The Hall–Kier alpha value is -2.80. The fraction of sp³-hybridized carbons (Fsp3) is 0.118. The molecular weight excluding hydrogens is 328 g/mol. The molecule has 0 saturated heterocycles. The molecule has 0 aliphatic heterocycles. The van der Waals surface area contributed by atoms with Gasteiger partial charge in [-0.25, -0.2) is 8.42 Å². The summed E-state index contributed by atoms with van der Waals surface area (Å²) in [6.45, 7) is 1.80. The van der Waals surface area contributed by atoms with Gasteiger partial charge in [0.15, 0.2) is 0 Å². The Morgan fingerprint density at radius 3 is 2.62 bits per heavy atom. The monoisotopic (exact) mass is 344 g/mol. The van der Waals surface area contributed by atoms with Crippen molar-refractivity contribution in [3.05, 3.63) is 64.4 Å². The Labute approximate surface area is 139 Å². The van der Waals surface area contributed by atoms with Crippen LogP contribution in [0.5, 0.6) is 5.75 Å². The number of H-pyrrole nitrogens is 1. The third-order valence-corrected chi connectivity index (χ3v) is 5.03. The molecule has 0 radical (unpaired) electrons. The zero-order valence-corrected chi connectivity index (χ0v) is 14.0. The second-order valence-electron chi connectivity index (χ2n) is 5.36. The zero-order chi connectivity index (χ0) is 17.3. The van der Waals surface area contributed by atoms with E-state index in [1.807, 2.05) is 0 Å². The molecule has 0 aliphatic carbocycles. The highest BCUT2D eigenvalue weighted by Crippen LogP contribution is 2.23. The second-order valence-corrected chi connectivity index (χ2v) is 7.04. The van der Waals surface area contributed by atoms with E-state index in [4.69, 9.17) is 4.74 Å². The SMILES string of the molecule is COc1cccc(S(=O)(=O)Nc2ccc3[nH]c(=O)cc(C)c3c2)c1. The van der Waals surface area contributed by atoms with Crippen LogP contribution in [0, 0.1) is 6.92 Å². The molecule has 7 heteroatoms. The van der Waals surface area contributed by atoms with Gasteiger partial charge in [-0.2, -0.15) is 0 Å². The number of benzene rings is 2. The van der Waals surface area contributed by atoms with Gasteiger partial charge in [0.1, 0.15) is 5.75 Å². The van der Waals surface area contributed by atoms with E-state index in [1.54, 1.807) is 37.3 Å². The quantitative estimate of drug-likeness (QED) is 0.761. The molecule has 2 aromatic carbocycles. The standard InChI is InChI=1S/C17H16N2O4S/c1-11-8-17(20)18-16-7-6-12(9-15(11)16)19-24(21,22)14-5-3-4-13(10-14)23-2/h3-10,19H,1-2H3,(H,18,20). The van der Waals surface area contributed by atoms with Gasteiger partial charge in [-0.15, -0.1) is 0 Å². The average molecular weight is 344 g/mol. The number of hydrogen-bond donors (Lipinski definition) is 2. The van der Waals surface area contributed by atoms with Crippen molar-refractivity contribution >= 4 is 26.6 Å². The second kappa shape index (κ2) is 6.01. The fourth-order valence-electron chi connectivity index (χ4n) is 2.47. The summed E-state index contributed by atoms with van der Waals surface area (Å²) in [4.78, 5) is 14.3. The molecule has 3 rings (SSSR count). The molecule has 124 valence electrons. The smallest absolute Gasteiger partial charge is 0.262 e. The lowest BCUT2D eigenvalue weighted by Crippen LogP contribution is -2.13. The van der Waals surface area contributed by atoms with Crippen LogP contribution in [-0.2, 0) is 10.0 Å². The summed E-state index contributed by atoms with van der Waals surface area (Å²) in [5.74, 6) is 0.463. The van der Waals surface area contributed by atoms with Crippen molar-refractivity contribution in [2.75, 3.05) is 11.8 Å². The highest BCUT2D eigenvalue weighted by molar-refractivity contribution is 7.92. The molecule has 2 N–H and O–H groups in total. The van der Waals surface area contributed by atoms with E-state index in [0.717, 1.165) is 10.9 Å². The van der Waals surface area contributed by atoms with Crippen molar-refractivity contribution in [1.29, 1.82) is 0 Å². The summed E-state index contributed by atoms with van der Waals surface area (Å²) in [6.07, 6.45) is 0. The number of aromatic amines is 1. The van der Waals surface area contributed by atoms with E-state index in [9.17, 15) is 13.2 Å². The minimum atomic E-state index is -3.74. The number of anilines is 1. The van der Waals surface area contributed by atoms with Gasteiger partial charge >= 0.3 is 0 Å². The van der Waals surface area contributed by atoms with Gasteiger partial charge < -0.3 is 9.72 Å². The van der Waals surface area contributed by atoms with Crippen LogP contribution < -0.4 is 15.0 Å². The topological polar surface area (TPSA) is 88.3 Å². The van der Waals surface area contributed by atoms with Gasteiger partial charge in [-0.1, -0.05) is 6.07 Å². The summed E-state index contributed by atoms with van der Waals surface area (Å²) < 4.78 is 32.6. The van der Waals surface area contributed by atoms with Crippen LogP contribution in [0.2, 0.25) is 0 Å². The molecule has 0 atom stereocenters. The van der Waals surface area contributed by atoms with Crippen molar-refractivity contribution < 1.29 is 13.2 Å². The minimum Gasteiger partial charge on any atom is -0.497 e. The zero-order valence-electron chi connectivity index (χ0n) is 13.2. The van der Waals surface area contributed by atoms with Crippen LogP contribution in [0.15, 0.2) is 58.2 Å². The van der Waals surface area contributed by atoms with Crippen LogP contribution in [0.1, 0.15) is 5.56 Å². The number of hydrogen-bond acceptors (Lipinski definition) is 4. The molecule has 0 spiro atoms. The van der Waals surface area contributed by atoms with E-state index in [2.05, 4.69) is 9.71 Å².